The van der Waals surface area contributed by atoms with E-state index in [-0.39, 0.29) is 5.54 Å². The molecule has 0 aromatic rings. The largest absolute Gasteiger partial charge is 0.311 e. The van der Waals surface area contributed by atoms with E-state index in [0.717, 1.165) is 12.6 Å². The lowest BCUT2D eigenvalue weighted by Gasteiger charge is -2.36. The monoisotopic (exact) mass is 269 g/mol. The lowest BCUT2D eigenvalue weighted by atomic mass is 9.91. The summed E-state index contributed by atoms with van der Waals surface area (Å²) in [6, 6.07) is 0.754. The van der Waals surface area contributed by atoms with Crippen molar-refractivity contribution in [3.05, 3.63) is 0 Å². The van der Waals surface area contributed by atoms with Gasteiger partial charge in [-0.3, -0.25) is 4.90 Å². The number of nitrogens with zero attached hydrogens (tertiary/aromatic N) is 2. The average Bonchev–Trinajstić information content (AvgIpc) is 2.60. The molecule has 0 bridgehead atoms. The fourth-order valence-corrected chi connectivity index (χ4v) is 2.84. The van der Waals surface area contributed by atoms with Crippen molar-refractivity contribution < 1.29 is 0 Å². The third kappa shape index (κ3) is 6.73. The number of likely N-dealkylation sites (tertiary alicyclic amines) is 1. The van der Waals surface area contributed by atoms with E-state index in [4.69, 9.17) is 0 Å². The molecule has 0 saturated carbocycles. The van der Waals surface area contributed by atoms with Crippen LogP contribution in [0.5, 0.6) is 0 Å². The van der Waals surface area contributed by atoms with Crippen molar-refractivity contribution in [2.24, 2.45) is 5.41 Å². The van der Waals surface area contributed by atoms with E-state index in [0.29, 0.717) is 5.41 Å². The van der Waals surface area contributed by atoms with E-state index in [1.165, 1.54) is 32.5 Å². The molecule has 1 aliphatic heterocycles. The van der Waals surface area contributed by atoms with E-state index in [2.05, 4.69) is 63.8 Å². The SMILES string of the molecule is CN(C)CC1CCCN1CC(C)(C)CNC(C)(C)C. The van der Waals surface area contributed by atoms with E-state index in [1.54, 1.807) is 0 Å². The highest BCUT2D eigenvalue weighted by Gasteiger charge is 2.30. The van der Waals surface area contributed by atoms with Crippen molar-refractivity contribution in [3.8, 4) is 0 Å². The summed E-state index contributed by atoms with van der Waals surface area (Å²) < 4.78 is 0. The second kappa shape index (κ2) is 6.55. The normalized spacial score (nSPS) is 22.4. The summed E-state index contributed by atoms with van der Waals surface area (Å²) in [5.74, 6) is 0. The minimum absolute atomic E-state index is 0.214. The quantitative estimate of drug-likeness (QED) is 0.799. The predicted octanol–water partition coefficient (Wildman–Crippen LogP) is 2.43. The molecule has 1 heterocycles. The maximum atomic E-state index is 3.65. The topological polar surface area (TPSA) is 18.5 Å². The van der Waals surface area contributed by atoms with Crippen molar-refractivity contribution in [1.82, 2.24) is 15.1 Å². The minimum Gasteiger partial charge on any atom is -0.311 e. The number of likely N-dealkylation sites (N-methyl/N-ethyl adjacent to an activating group) is 1. The van der Waals surface area contributed by atoms with Gasteiger partial charge in [0.2, 0.25) is 0 Å². The van der Waals surface area contributed by atoms with Crippen LogP contribution >= 0.6 is 0 Å². The van der Waals surface area contributed by atoms with Crippen LogP contribution in [0, 0.1) is 5.41 Å². The van der Waals surface area contributed by atoms with E-state index in [1.807, 2.05) is 0 Å². The van der Waals surface area contributed by atoms with Crippen molar-refractivity contribution in [2.45, 2.75) is 59.0 Å². The number of nitrogens with one attached hydrogen (secondary N) is 1. The van der Waals surface area contributed by atoms with E-state index < -0.39 is 0 Å². The number of rotatable bonds is 6. The molecule has 19 heavy (non-hydrogen) atoms. The lowest BCUT2D eigenvalue weighted by molar-refractivity contribution is 0.137. The summed E-state index contributed by atoms with van der Waals surface area (Å²) in [6.45, 7) is 16.3. The van der Waals surface area contributed by atoms with Gasteiger partial charge in [0.1, 0.15) is 0 Å². The van der Waals surface area contributed by atoms with Crippen LogP contribution in [0.3, 0.4) is 0 Å². The molecule has 0 aromatic carbocycles. The van der Waals surface area contributed by atoms with Crippen LogP contribution in [0.15, 0.2) is 0 Å². The summed E-state index contributed by atoms with van der Waals surface area (Å²) in [4.78, 5) is 5.02. The van der Waals surface area contributed by atoms with Crippen molar-refractivity contribution in [3.63, 3.8) is 0 Å². The third-order valence-electron chi connectivity index (χ3n) is 3.80. The molecule has 0 amide bonds. The Hall–Kier alpha value is -0.120. The lowest BCUT2D eigenvalue weighted by Crippen LogP contribution is -2.48. The van der Waals surface area contributed by atoms with E-state index >= 15 is 0 Å². The first-order chi connectivity index (χ1) is 8.59. The molecular formula is C16H35N3. The number of hydrogen-bond acceptors (Lipinski definition) is 3. The maximum absolute atomic E-state index is 3.65. The Balaban J connectivity index is 2.47. The van der Waals surface area contributed by atoms with Gasteiger partial charge in [0, 0.05) is 31.2 Å². The van der Waals surface area contributed by atoms with Crippen molar-refractivity contribution in [2.75, 3.05) is 40.3 Å². The second-order valence-electron chi connectivity index (χ2n) is 8.30. The van der Waals surface area contributed by atoms with Crippen molar-refractivity contribution in [1.29, 1.82) is 0 Å². The zero-order chi connectivity index (χ0) is 14.7. The van der Waals surface area contributed by atoms with Crippen LogP contribution in [0.4, 0.5) is 0 Å². The zero-order valence-electron chi connectivity index (χ0n) is 14.2. The van der Waals surface area contributed by atoms with Gasteiger partial charge in [-0.1, -0.05) is 13.8 Å². The van der Waals surface area contributed by atoms with Crippen LogP contribution in [0.2, 0.25) is 0 Å². The van der Waals surface area contributed by atoms with Gasteiger partial charge >= 0.3 is 0 Å². The standard InChI is InChI=1S/C16H35N3/c1-15(2,3)17-12-16(4,5)13-19-10-8-9-14(19)11-18(6)7/h14,17H,8-13H2,1-7H3. The summed E-state index contributed by atoms with van der Waals surface area (Å²) in [7, 11) is 4.37. The molecule has 1 aliphatic rings. The zero-order valence-corrected chi connectivity index (χ0v) is 14.2. The molecule has 1 N–H and O–H groups in total. The fourth-order valence-electron chi connectivity index (χ4n) is 2.84. The molecular weight excluding hydrogens is 234 g/mol. The highest BCUT2D eigenvalue weighted by molar-refractivity contribution is 4.87. The Morgan fingerprint density at radius 2 is 1.79 bits per heavy atom. The molecule has 0 aliphatic carbocycles. The number of hydrogen-bond donors (Lipinski definition) is 1. The Morgan fingerprint density at radius 3 is 2.32 bits per heavy atom. The molecule has 3 heteroatoms. The van der Waals surface area contributed by atoms with Crippen LogP contribution in [0.1, 0.15) is 47.5 Å². The van der Waals surface area contributed by atoms with Gasteiger partial charge in [0.05, 0.1) is 0 Å². The van der Waals surface area contributed by atoms with Gasteiger partial charge in [0.15, 0.2) is 0 Å². The minimum atomic E-state index is 0.214. The van der Waals surface area contributed by atoms with Crippen LogP contribution in [-0.2, 0) is 0 Å². The molecule has 0 radical (unpaired) electrons. The maximum Gasteiger partial charge on any atom is 0.0223 e. The Kier molecular flexibility index (Phi) is 5.84. The van der Waals surface area contributed by atoms with E-state index in [9.17, 15) is 0 Å². The Morgan fingerprint density at radius 1 is 1.16 bits per heavy atom. The molecule has 0 aromatic heterocycles. The van der Waals surface area contributed by atoms with Gasteiger partial charge in [-0.15, -0.1) is 0 Å². The molecule has 1 fully saturated rings. The van der Waals surface area contributed by atoms with Crippen molar-refractivity contribution >= 4 is 0 Å². The first-order valence-electron chi connectivity index (χ1n) is 7.73. The highest BCUT2D eigenvalue weighted by atomic mass is 15.2. The molecule has 3 nitrogen and oxygen atoms in total. The van der Waals surface area contributed by atoms with Gasteiger partial charge in [-0.05, 0) is 59.7 Å². The van der Waals surface area contributed by atoms with Crippen LogP contribution in [0.25, 0.3) is 0 Å². The Labute approximate surface area is 120 Å². The highest BCUT2D eigenvalue weighted by Crippen LogP contribution is 2.24. The fraction of sp³-hybridized carbons (Fsp3) is 1.00. The first-order valence-corrected chi connectivity index (χ1v) is 7.73. The summed E-state index contributed by atoms with van der Waals surface area (Å²) in [5.41, 5.74) is 0.549. The van der Waals surface area contributed by atoms with Gasteiger partial charge in [-0.25, -0.2) is 0 Å². The predicted molar refractivity (Wildman–Crippen MR) is 84.7 cm³/mol. The molecule has 1 rings (SSSR count). The molecule has 0 spiro atoms. The molecule has 114 valence electrons. The molecule has 1 atom stereocenters. The van der Waals surface area contributed by atoms with Gasteiger partial charge in [0.25, 0.3) is 0 Å². The average molecular weight is 269 g/mol. The first kappa shape index (κ1) is 16.9. The second-order valence-corrected chi connectivity index (χ2v) is 8.30. The van der Waals surface area contributed by atoms with Crippen LogP contribution in [-0.4, -0.2) is 61.7 Å². The smallest absolute Gasteiger partial charge is 0.0223 e. The van der Waals surface area contributed by atoms with Gasteiger partial charge in [-0.2, -0.15) is 0 Å². The summed E-state index contributed by atoms with van der Waals surface area (Å²) >= 11 is 0. The van der Waals surface area contributed by atoms with Crippen LogP contribution < -0.4 is 5.32 Å². The molecule has 1 saturated heterocycles. The third-order valence-corrected chi connectivity index (χ3v) is 3.80. The summed E-state index contributed by atoms with van der Waals surface area (Å²) in [5, 5.41) is 3.65. The van der Waals surface area contributed by atoms with Gasteiger partial charge < -0.3 is 10.2 Å². The Bertz CT molecular complexity index is 266. The summed E-state index contributed by atoms with van der Waals surface area (Å²) in [6.07, 6.45) is 2.72. The molecule has 1 unspecified atom stereocenters.